The van der Waals surface area contributed by atoms with E-state index in [2.05, 4.69) is 47.3 Å². The highest BCUT2D eigenvalue weighted by atomic mass is 16.3. The highest BCUT2D eigenvalue weighted by Gasteiger charge is 2.25. The van der Waals surface area contributed by atoms with Crippen molar-refractivity contribution in [3.05, 3.63) is 35.4 Å². The number of furan rings is 1. The molecule has 2 aromatic heterocycles. The lowest BCUT2D eigenvalue weighted by Crippen LogP contribution is -2.34. The topological polar surface area (TPSA) is 49.5 Å². The minimum absolute atomic E-state index is 0.308. The zero-order valence-electron chi connectivity index (χ0n) is 15.2. The summed E-state index contributed by atoms with van der Waals surface area (Å²) < 4.78 is 7.65. The van der Waals surface area contributed by atoms with Crippen molar-refractivity contribution >= 4 is 5.82 Å². The fourth-order valence-corrected chi connectivity index (χ4v) is 3.73. The molecule has 1 aliphatic rings. The van der Waals surface area contributed by atoms with E-state index in [0.717, 1.165) is 43.5 Å². The third kappa shape index (κ3) is 3.49. The van der Waals surface area contributed by atoms with Gasteiger partial charge in [0.2, 0.25) is 0 Å². The Bertz CT molecular complexity index is 641. The van der Waals surface area contributed by atoms with E-state index in [1.807, 2.05) is 17.8 Å². The molecule has 0 aliphatic carbocycles. The van der Waals surface area contributed by atoms with Crippen molar-refractivity contribution in [2.45, 2.75) is 32.4 Å². The molecule has 132 valence electrons. The molecule has 1 saturated heterocycles. The van der Waals surface area contributed by atoms with E-state index in [4.69, 9.17) is 4.42 Å². The lowest BCUT2D eigenvalue weighted by atomic mass is 10.1. The second-order valence-electron chi connectivity index (χ2n) is 6.81. The van der Waals surface area contributed by atoms with Gasteiger partial charge >= 0.3 is 0 Å². The Morgan fingerprint density at radius 2 is 2.08 bits per heavy atom. The van der Waals surface area contributed by atoms with Crippen LogP contribution in [0.4, 0.5) is 5.82 Å². The van der Waals surface area contributed by atoms with Crippen LogP contribution >= 0.6 is 0 Å². The van der Waals surface area contributed by atoms with Crippen molar-refractivity contribution < 1.29 is 4.42 Å². The van der Waals surface area contributed by atoms with Crippen LogP contribution in [0.5, 0.6) is 0 Å². The molecule has 1 fully saturated rings. The number of anilines is 1. The van der Waals surface area contributed by atoms with Crippen LogP contribution in [0.15, 0.2) is 22.8 Å². The molecular weight excluding hydrogens is 302 g/mol. The second kappa shape index (κ2) is 7.40. The van der Waals surface area contributed by atoms with Gasteiger partial charge in [0.25, 0.3) is 0 Å². The van der Waals surface area contributed by atoms with Crippen molar-refractivity contribution in [1.29, 1.82) is 0 Å². The molecule has 6 heteroatoms. The fourth-order valence-electron chi connectivity index (χ4n) is 3.73. The molecule has 3 heterocycles. The Hall–Kier alpha value is -1.79. The number of aryl methyl sites for hydroxylation is 2. The summed E-state index contributed by atoms with van der Waals surface area (Å²) in [5, 5.41) is 8.20. The smallest absolute Gasteiger partial charge is 0.130 e. The number of hydrogen-bond donors (Lipinski definition) is 1. The molecule has 24 heavy (non-hydrogen) atoms. The molecule has 3 rings (SSSR count). The molecule has 0 aromatic carbocycles. The van der Waals surface area contributed by atoms with Crippen LogP contribution in [-0.4, -0.2) is 48.4 Å². The molecular formula is C18H29N5O. The van der Waals surface area contributed by atoms with E-state index in [1.165, 1.54) is 18.4 Å². The van der Waals surface area contributed by atoms with Gasteiger partial charge in [0.1, 0.15) is 11.6 Å². The molecule has 0 bridgehead atoms. The number of hydrogen-bond acceptors (Lipinski definition) is 5. The highest BCUT2D eigenvalue weighted by Crippen LogP contribution is 2.26. The molecule has 6 nitrogen and oxygen atoms in total. The summed E-state index contributed by atoms with van der Waals surface area (Å²) >= 11 is 0. The van der Waals surface area contributed by atoms with Gasteiger partial charge < -0.3 is 14.6 Å². The van der Waals surface area contributed by atoms with Crippen LogP contribution in [0.1, 0.15) is 35.9 Å². The third-order valence-electron chi connectivity index (χ3n) is 4.83. The van der Waals surface area contributed by atoms with E-state index >= 15 is 0 Å². The zero-order valence-corrected chi connectivity index (χ0v) is 15.2. The van der Waals surface area contributed by atoms with Crippen molar-refractivity contribution in [3.8, 4) is 0 Å². The van der Waals surface area contributed by atoms with Gasteiger partial charge in [-0.25, -0.2) is 0 Å². The van der Waals surface area contributed by atoms with Crippen LogP contribution in [-0.2, 0) is 13.6 Å². The summed E-state index contributed by atoms with van der Waals surface area (Å²) in [6.45, 7) is 6.09. The van der Waals surface area contributed by atoms with Gasteiger partial charge in [-0.2, -0.15) is 5.10 Å². The number of nitrogens with zero attached hydrogens (tertiary/aromatic N) is 4. The van der Waals surface area contributed by atoms with Crippen molar-refractivity contribution in [3.63, 3.8) is 0 Å². The van der Waals surface area contributed by atoms with Crippen molar-refractivity contribution in [2.75, 3.05) is 38.6 Å². The lowest BCUT2D eigenvalue weighted by Gasteiger charge is -2.26. The van der Waals surface area contributed by atoms with Gasteiger partial charge in [0.15, 0.2) is 0 Å². The van der Waals surface area contributed by atoms with E-state index in [1.54, 1.807) is 6.26 Å². The van der Waals surface area contributed by atoms with Crippen LogP contribution in [0.25, 0.3) is 0 Å². The molecule has 2 aromatic rings. The van der Waals surface area contributed by atoms with Crippen LogP contribution in [0.3, 0.4) is 0 Å². The summed E-state index contributed by atoms with van der Waals surface area (Å²) in [5.41, 5.74) is 2.35. The number of rotatable bonds is 7. The summed E-state index contributed by atoms with van der Waals surface area (Å²) in [4.78, 5) is 4.65. The normalized spacial score (nSPS) is 16.7. The molecule has 1 unspecified atom stereocenters. The average molecular weight is 331 g/mol. The van der Waals surface area contributed by atoms with Gasteiger partial charge in [-0.3, -0.25) is 9.58 Å². The summed E-state index contributed by atoms with van der Waals surface area (Å²) in [5.74, 6) is 2.22. The fraction of sp³-hybridized carbons (Fsp3) is 0.611. The minimum atomic E-state index is 0.308. The van der Waals surface area contributed by atoms with E-state index in [9.17, 15) is 0 Å². The highest BCUT2D eigenvalue weighted by molar-refractivity contribution is 5.48. The largest absolute Gasteiger partial charge is 0.468 e. The maximum absolute atomic E-state index is 5.69. The Kier molecular flexibility index (Phi) is 5.26. The Balaban J connectivity index is 1.68. The van der Waals surface area contributed by atoms with Gasteiger partial charge in [0, 0.05) is 39.8 Å². The standard InChI is InChI=1S/C18H29N5O/c1-14-15(18(21(2)3)22(4)20-14)12-19-13-16(17-8-7-11-24-17)23-9-5-6-10-23/h7-8,11,16,19H,5-6,9-10,12-13H2,1-4H3. The maximum atomic E-state index is 5.69. The zero-order chi connectivity index (χ0) is 17.1. The van der Waals surface area contributed by atoms with Gasteiger partial charge in [-0.15, -0.1) is 0 Å². The second-order valence-corrected chi connectivity index (χ2v) is 6.81. The summed E-state index contributed by atoms with van der Waals surface area (Å²) in [6, 6.07) is 4.38. The van der Waals surface area contributed by atoms with E-state index in [-0.39, 0.29) is 0 Å². The minimum Gasteiger partial charge on any atom is -0.468 e. The predicted molar refractivity (Wildman–Crippen MR) is 96.2 cm³/mol. The number of aromatic nitrogens is 2. The van der Waals surface area contributed by atoms with Gasteiger partial charge in [-0.1, -0.05) is 0 Å². The van der Waals surface area contributed by atoms with E-state index in [0.29, 0.717) is 6.04 Å². The molecule has 1 N–H and O–H groups in total. The summed E-state index contributed by atoms with van der Waals surface area (Å²) in [7, 11) is 6.13. The Morgan fingerprint density at radius 1 is 1.33 bits per heavy atom. The van der Waals surface area contributed by atoms with Crippen LogP contribution < -0.4 is 10.2 Å². The quantitative estimate of drug-likeness (QED) is 0.844. The third-order valence-corrected chi connectivity index (χ3v) is 4.83. The first-order valence-electron chi connectivity index (χ1n) is 8.76. The maximum Gasteiger partial charge on any atom is 0.130 e. The first kappa shape index (κ1) is 17.0. The van der Waals surface area contributed by atoms with Crippen LogP contribution in [0.2, 0.25) is 0 Å². The molecule has 0 saturated carbocycles. The SMILES string of the molecule is Cc1nn(C)c(N(C)C)c1CNCC(c1ccco1)N1CCCC1. The summed E-state index contributed by atoms with van der Waals surface area (Å²) in [6.07, 6.45) is 4.33. The Morgan fingerprint density at radius 3 is 2.71 bits per heavy atom. The van der Waals surface area contributed by atoms with Crippen LogP contribution in [0, 0.1) is 6.92 Å². The average Bonchev–Trinajstić information content (AvgIpc) is 3.25. The Labute approximate surface area is 144 Å². The lowest BCUT2D eigenvalue weighted by molar-refractivity contribution is 0.209. The molecule has 0 amide bonds. The number of likely N-dealkylation sites (tertiary alicyclic amines) is 1. The first-order valence-corrected chi connectivity index (χ1v) is 8.76. The monoisotopic (exact) mass is 331 g/mol. The van der Waals surface area contributed by atoms with Crippen molar-refractivity contribution in [2.24, 2.45) is 7.05 Å². The van der Waals surface area contributed by atoms with E-state index < -0.39 is 0 Å². The first-order chi connectivity index (χ1) is 11.6. The molecule has 1 aliphatic heterocycles. The molecule has 0 radical (unpaired) electrons. The van der Waals surface area contributed by atoms with Gasteiger partial charge in [0.05, 0.1) is 18.0 Å². The molecule has 1 atom stereocenters. The van der Waals surface area contributed by atoms with Gasteiger partial charge in [-0.05, 0) is 45.0 Å². The number of nitrogens with one attached hydrogen (secondary N) is 1. The molecule has 0 spiro atoms. The van der Waals surface area contributed by atoms with Crippen molar-refractivity contribution in [1.82, 2.24) is 20.0 Å². The predicted octanol–water partition coefficient (Wildman–Crippen LogP) is 2.31.